The zero-order chi connectivity index (χ0) is 34.4. The molecule has 0 aromatic heterocycles. The molecule has 0 aromatic carbocycles. The Morgan fingerprint density at radius 3 is 2.41 bits per heavy atom. The van der Waals surface area contributed by atoms with Gasteiger partial charge in [0, 0.05) is 20.0 Å². The number of allylic oxidation sites excluding steroid dienone is 13. The minimum absolute atomic E-state index is 0.0827. The van der Waals surface area contributed by atoms with Crippen LogP contribution in [-0.2, 0) is 14.3 Å². The van der Waals surface area contributed by atoms with E-state index < -0.39 is 5.97 Å². The molecule has 1 unspecified atom stereocenters. The van der Waals surface area contributed by atoms with Gasteiger partial charge >= 0.3 is 5.97 Å². The van der Waals surface area contributed by atoms with Crippen LogP contribution in [-0.4, -0.2) is 47.2 Å². The number of hydrogen-bond acceptors (Lipinski definition) is 3. The number of aliphatic carboxylic acids is 1. The molecule has 0 spiro atoms. The van der Waals surface area contributed by atoms with Crippen molar-refractivity contribution in [2.24, 2.45) is 11.8 Å². The van der Waals surface area contributed by atoms with Crippen LogP contribution in [0.2, 0.25) is 0 Å². The van der Waals surface area contributed by atoms with Gasteiger partial charge in [0.25, 0.3) is 0 Å². The molecular formula is C41H65NO4. The molecule has 3 aliphatic carbocycles. The molecule has 3 aliphatic rings. The summed E-state index contributed by atoms with van der Waals surface area (Å²) in [5.74, 6) is 0.615. The van der Waals surface area contributed by atoms with E-state index in [4.69, 9.17) is 9.84 Å². The molecule has 46 heavy (non-hydrogen) atoms. The monoisotopic (exact) mass is 635 g/mol. The molecule has 0 radical (unpaired) electrons. The first-order valence-corrected chi connectivity index (χ1v) is 17.8. The van der Waals surface area contributed by atoms with Crippen molar-refractivity contribution in [1.82, 2.24) is 4.90 Å². The topological polar surface area (TPSA) is 66.8 Å². The highest BCUT2D eigenvalue weighted by Crippen LogP contribution is 2.33. The Morgan fingerprint density at radius 1 is 1.02 bits per heavy atom. The van der Waals surface area contributed by atoms with Crippen molar-refractivity contribution in [3.05, 3.63) is 83.6 Å². The van der Waals surface area contributed by atoms with Crippen molar-refractivity contribution in [3.63, 3.8) is 0 Å². The van der Waals surface area contributed by atoms with E-state index in [-0.39, 0.29) is 17.6 Å². The molecule has 1 saturated carbocycles. The van der Waals surface area contributed by atoms with E-state index >= 15 is 0 Å². The Labute approximate surface area is 281 Å². The van der Waals surface area contributed by atoms with Crippen LogP contribution in [0.4, 0.5) is 0 Å². The number of nitrogens with zero attached hydrogens (tertiary/aromatic N) is 1. The van der Waals surface area contributed by atoms with E-state index in [1.165, 1.54) is 30.4 Å². The summed E-state index contributed by atoms with van der Waals surface area (Å²) in [6, 6.07) is 0. The molecule has 0 saturated heterocycles. The second-order valence-electron chi connectivity index (χ2n) is 13.5. The van der Waals surface area contributed by atoms with Gasteiger partial charge in [-0.1, -0.05) is 106 Å². The highest BCUT2D eigenvalue weighted by molar-refractivity contribution is 5.79. The van der Waals surface area contributed by atoms with Gasteiger partial charge in [-0.15, -0.1) is 0 Å². The second kappa shape index (κ2) is 23.4. The van der Waals surface area contributed by atoms with Crippen molar-refractivity contribution in [2.75, 3.05) is 13.6 Å². The third-order valence-corrected chi connectivity index (χ3v) is 8.36. The molecule has 258 valence electrons. The first-order valence-electron chi connectivity index (χ1n) is 17.8. The molecule has 5 heteroatoms. The number of likely N-dealkylation sites (N-methyl/N-ethyl adjacent to an activating group) is 1. The first-order chi connectivity index (χ1) is 22.0. The summed E-state index contributed by atoms with van der Waals surface area (Å²) < 4.78 is 5.99. The Kier molecular flexibility index (Phi) is 20.9. The fraction of sp³-hybridized carbons (Fsp3) is 0.610. The lowest BCUT2D eigenvalue weighted by Crippen LogP contribution is -2.38. The lowest BCUT2D eigenvalue weighted by Gasteiger charge is -2.30. The molecule has 0 bridgehead atoms. The Hall–Kier alpha value is -2.92. The van der Waals surface area contributed by atoms with Gasteiger partial charge in [0.15, 0.2) is 0 Å². The van der Waals surface area contributed by atoms with Crippen LogP contribution < -0.4 is 0 Å². The first kappa shape index (κ1) is 41.1. The predicted molar refractivity (Wildman–Crippen MR) is 196 cm³/mol. The van der Waals surface area contributed by atoms with E-state index in [0.717, 1.165) is 56.4 Å². The summed E-state index contributed by atoms with van der Waals surface area (Å²) in [6.45, 7) is 14.9. The molecule has 3 rings (SSSR count). The largest absolute Gasteiger partial charge is 0.481 e. The Balaban J connectivity index is 0.000000438. The van der Waals surface area contributed by atoms with Gasteiger partial charge < -0.3 is 14.7 Å². The molecular weight excluding hydrogens is 570 g/mol. The minimum Gasteiger partial charge on any atom is -0.481 e. The average Bonchev–Trinajstić information content (AvgIpc) is 3.50. The summed E-state index contributed by atoms with van der Waals surface area (Å²) >= 11 is 0. The quantitative estimate of drug-likeness (QED) is 0.171. The lowest BCUT2D eigenvalue weighted by molar-refractivity contribution is -0.138. The number of carboxylic acids is 1. The second-order valence-corrected chi connectivity index (χ2v) is 13.5. The maximum atomic E-state index is 12.3. The van der Waals surface area contributed by atoms with Crippen LogP contribution in [0.3, 0.4) is 0 Å². The van der Waals surface area contributed by atoms with Crippen LogP contribution in [0.15, 0.2) is 83.6 Å². The average molecular weight is 636 g/mol. The molecule has 1 fully saturated rings. The fourth-order valence-corrected chi connectivity index (χ4v) is 5.93. The van der Waals surface area contributed by atoms with Gasteiger partial charge in [0.2, 0.25) is 5.91 Å². The van der Waals surface area contributed by atoms with Gasteiger partial charge in [-0.2, -0.15) is 0 Å². The molecule has 1 N–H and O–H groups in total. The van der Waals surface area contributed by atoms with Crippen LogP contribution >= 0.6 is 0 Å². The lowest BCUT2D eigenvalue weighted by atomic mass is 9.91. The van der Waals surface area contributed by atoms with Crippen LogP contribution in [0, 0.1) is 11.8 Å². The number of carbonyl (C=O) groups excluding carboxylic acids is 1. The van der Waals surface area contributed by atoms with Crippen LogP contribution in [0.5, 0.6) is 0 Å². The summed E-state index contributed by atoms with van der Waals surface area (Å²) in [6.07, 6.45) is 35.4. The van der Waals surface area contributed by atoms with Crippen molar-refractivity contribution >= 4 is 11.9 Å². The number of ether oxygens (including phenoxy) is 1. The van der Waals surface area contributed by atoms with E-state index in [1.54, 1.807) is 4.90 Å². The number of carbonyl (C=O) groups is 2. The van der Waals surface area contributed by atoms with Gasteiger partial charge in [-0.05, 0) is 102 Å². The van der Waals surface area contributed by atoms with Gasteiger partial charge in [0.1, 0.15) is 0 Å². The standard InChI is InChI=1S/C21H30O2.C18H29NO2.C2H6/c1-2-3-6-17-7-4-8-18(12-11-17)15-19-9-5-10-20(14-13-19)16-21(22)23;1-6-16(21-18(2,3)4)14-19(5)17(20)13-15-11-9-7-8-10-12-15;1-2/h2-4,8,11-12,19-20H,5-7,9-10,13-16H2,1H3,(H,22,23);7-9,11-12,16H,6,10,13-14H2,1-5H3;1-2H3/b3-2-;;/t19-,20-;;/m1../s1. The molecule has 1 amide bonds. The normalized spacial score (nSPS) is 20.4. The highest BCUT2D eigenvalue weighted by Gasteiger charge is 2.22. The van der Waals surface area contributed by atoms with E-state index in [1.807, 2.05) is 59.9 Å². The third kappa shape index (κ3) is 18.9. The zero-order valence-corrected chi connectivity index (χ0v) is 30.4. The molecule has 0 aromatic rings. The summed E-state index contributed by atoms with van der Waals surface area (Å²) in [5.41, 5.74) is 3.81. The molecule has 0 heterocycles. The predicted octanol–water partition coefficient (Wildman–Crippen LogP) is 10.7. The fourth-order valence-electron chi connectivity index (χ4n) is 5.93. The van der Waals surface area contributed by atoms with Crippen molar-refractivity contribution in [1.29, 1.82) is 0 Å². The van der Waals surface area contributed by atoms with Gasteiger partial charge in [0.05, 0.1) is 18.1 Å². The highest BCUT2D eigenvalue weighted by atomic mass is 16.5. The van der Waals surface area contributed by atoms with Crippen molar-refractivity contribution in [2.45, 2.75) is 137 Å². The van der Waals surface area contributed by atoms with Gasteiger partial charge in [-0.3, -0.25) is 9.59 Å². The Morgan fingerprint density at radius 2 is 1.74 bits per heavy atom. The van der Waals surface area contributed by atoms with Crippen molar-refractivity contribution in [3.8, 4) is 0 Å². The summed E-state index contributed by atoms with van der Waals surface area (Å²) in [4.78, 5) is 25.0. The number of amides is 1. The van der Waals surface area contributed by atoms with Crippen molar-refractivity contribution < 1.29 is 19.4 Å². The number of hydrogen-bond donors (Lipinski definition) is 1. The summed E-state index contributed by atoms with van der Waals surface area (Å²) in [5, 5.41) is 8.97. The number of rotatable bonds is 12. The van der Waals surface area contributed by atoms with E-state index in [0.29, 0.717) is 25.3 Å². The smallest absolute Gasteiger partial charge is 0.303 e. The van der Waals surface area contributed by atoms with Crippen LogP contribution in [0.1, 0.15) is 126 Å². The van der Waals surface area contributed by atoms with Crippen LogP contribution in [0.25, 0.3) is 0 Å². The molecule has 3 atom stereocenters. The van der Waals surface area contributed by atoms with Gasteiger partial charge in [-0.25, -0.2) is 0 Å². The van der Waals surface area contributed by atoms with E-state index in [9.17, 15) is 9.59 Å². The SMILES string of the molecule is C/C=C\CC1=CC=C(C[C@@H]2CCC[C@@H](CC(=O)O)CC2)C=CC1.CC.CCC(CN(C)C(=O)CC1=CCC=CC=C1)OC(C)(C)C. The maximum absolute atomic E-state index is 12.3. The molecule has 0 aliphatic heterocycles. The summed E-state index contributed by atoms with van der Waals surface area (Å²) in [7, 11) is 1.86. The Bertz CT molecular complexity index is 1110. The maximum Gasteiger partial charge on any atom is 0.303 e. The number of carboxylic acid groups (broad SMARTS) is 1. The molecule has 5 nitrogen and oxygen atoms in total. The minimum atomic E-state index is -0.637. The third-order valence-electron chi connectivity index (χ3n) is 8.36. The zero-order valence-electron chi connectivity index (χ0n) is 30.4. The van der Waals surface area contributed by atoms with E-state index in [2.05, 4.69) is 62.5 Å².